The van der Waals surface area contributed by atoms with E-state index in [0.717, 1.165) is 12.1 Å². The number of aliphatic hydroxyl groups is 1. The number of aliphatic hydroxyl groups excluding tert-OH is 1. The molecule has 0 aliphatic carbocycles. The molecule has 0 bridgehead atoms. The number of carbonyl (C=O) groups is 1. The van der Waals surface area contributed by atoms with Crippen LogP contribution >= 0.6 is 0 Å². The number of rotatable bonds is 7. The molecule has 0 saturated heterocycles. The smallest absolute Gasteiger partial charge is 0.337 e. The molecule has 0 unspecified atom stereocenters. The van der Waals surface area contributed by atoms with Gasteiger partial charge in [0.05, 0.1) is 22.9 Å². The Morgan fingerprint density at radius 3 is 2.62 bits per heavy atom. The first-order valence-electron chi connectivity index (χ1n) is 8.87. The highest BCUT2D eigenvalue weighted by Crippen LogP contribution is 2.17. The Labute approximate surface area is 163 Å². The lowest BCUT2D eigenvalue weighted by Crippen LogP contribution is -2.28. The number of carboxylic acids is 1. The average Bonchev–Trinajstić information content (AvgIpc) is 2.70. The number of fused-ring (bicyclic) bond motifs is 2. The molecule has 3 aromatic rings. The second kappa shape index (κ2) is 8.25. The molecule has 0 aliphatic heterocycles. The summed E-state index contributed by atoms with van der Waals surface area (Å²) in [6.45, 7) is 2.91. The number of H-pyrrole nitrogens is 1. The van der Waals surface area contributed by atoms with E-state index in [4.69, 9.17) is 5.11 Å². The van der Waals surface area contributed by atoms with Crippen LogP contribution in [0.1, 0.15) is 15.9 Å². The van der Waals surface area contributed by atoms with Gasteiger partial charge in [0.2, 0.25) is 10.9 Å². The molecular formula is C19H20N4O6. The molecule has 10 heteroatoms. The highest BCUT2D eigenvalue weighted by Gasteiger charge is 2.17. The van der Waals surface area contributed by atoms with E-state index in [1.54, 1.807) is 0 Å². The van der Waals surface area contributed by atoms with Crippen molar-refractivity contribution in [2.45, 2.75) is 6.92 Å². The van der Waals surface area contributed by atoms with Gasteiger partial charge >= 0.3 is 5.97 Å². The number of aromatic hydroxyl groups is 1. The summed E-state index contributed by atoms with van der Waals surface area (Å²) in [6, 6.07) is 2.25. The summed E-state index contributed by atoms with van der Waals surface area (Å²) in [5.41, 5.74) is -1.31. The van der Waals surface area contributed by atoms with Gasteiger partial charge in [0.1, 0.15) is 22.3 Å². The molecule has 0 fully saturated rings. The summed E-state index contributed by atoms with van der Waals surface area (Å²) in [4.78, 5) is 43.3. The Bertz CT molecular complexity index is 1270. The molecule has 152 valence electrons. The fourth-order valence-electron chi connectivity index (χ4n) is 2.98. The molecule has 0 atom stereocenters. The predicted molar refractivity (Wildman–Crippen MR) is 107 cm³/mol. The maximum Gasteiger partial charge on any atom is 0.337 e. The number of aromatic amines is 1. The van der Waals surface area contributed by atoms with E-state index in [1.165, 1.54) is 13.1 Å². The molecule has 2 aromatic carbocycles. The first-order valence-corrected chi connectivity index (χ1v) is 8.87. The van der Waals surface area contributed by atoms with E-state index in [9.17, 15) is 24.6 Å². The first-order chi connectivity index (χ1) is 13.9. The lowest BCUT2D eigenvalue weighted by molar-refractivity contribution is 0.0699. The number of phenolic OH excluding ortho intramolecular Hbond substituents is 1. The Balaban J connectivity index is 2.25. The van der Waals surface area contributed by atoms with E-state index < -0.39 is 16.8 Å². The third kappa shape index (κ3) is 3.75. The zero-order valence-electron chi connectivity index (χ0n) is 15.6. The van der Waals surface area contributed by atoms with Crippen LogP contribution in [0, 0.1) is 6.92 Å². The molecule has 10 nitrogen and oxygen atoms in total. The summed E-state index contributed by atoms with van der Waals surface area (Å²) in [5.74, 6) is -1.54. The van der Waals surface area contributed by atoms with Crippen LogP contribution in [-0.4, -0.2) is 57.5 Å². The number of carboxylic acid groups (broad SMARTS) is 1. The number of hydrogen-bond acceptors (Lipinski definition) is 8. The lowest BCUT2D eigenvalue weighted by atomic mass is 10.1. The van der Waals surface area contributed by atoms with Gasteiger partial charge in [0.25, 0.3) is 0 Å². The second-order valence-electron chi connectivity index (χ2n) is 6.39. The van der Waals surface area contributed by atoms with Crippen LogP contribution in [0.2, 0.25) is 0 Å². The zero-order chi connectivity index (χ0) is 21.1. The Hall–Kier alpha value is -3.50. The van der Waals surface area contributed by atoms with Gasteiger partial charge in [-0.25, -0.2) is 9.78 Å². The Kier molecular flexibility index (Phi) is 5.76. The highest BCUT2D eigenvalue weighted by atomic mass is 16.4. The summed E-state index contributed by atoms with van der Waals surface area (Å²) in [6.07, 6.45) is 1.48. The number of aromatic nitrogens is 2. The molecule has 0 spiro atoms. The standard InChI is InChI=1S/C19H20N4O6/c1-9-17(26)11(8-21-5-4-20-6-7-24)14-16(18(9)27)23-13-10(19(28)29)2-3-12(25)15(13)22-14/h2-3,8,20-21,23-24,26H,4-7H2,1H3,(H,28,29). The molecule has 1 aromatic heterocycles. The summed E-state index contributed by atoms with van der Waals surface area (Å²) >= 11 is 0. The number of nitrogens with zero attached hydrogens (tertiary/aromatic N) is 1. The third-order valence-electron chi connectivity index (χ3n) is 4.50. The largest absolute Gasteiger partial charge is 0.507 e. The molecule has 3 rings (SSSR count). The van der Waals surface area contributed by atoms with E-state index in [2.05, 4.69) is 20.6 Å². The van der Waals surface area contributed by atoms with Gasteiger partial charge in [-0.3, -0.25) is 9.59 Å². The van der Waals surface area contributed by atoms with Crippen molar-refractivity contribution < 1.29 is 20.1 Å². The maximum absolute atomic E-state index is 12.6. The number of nitrogens with one attached hydrogen (secondary N) is 3. The Morgan fingerprint density at radius 2 is 1.93 bits per heavy atom. The Morgan fingerprint density at radius 1 is 1.17 bits per heavy atom. The van der Waals surface area contributed by atoms with E-state index in [0.29, 0.717) is 19.6 Å². The van der Waals surface area contributed by atoms with Gasteiger partial charge in [-0.15, -0.1) is 0 Å². The molecule has 1 heterocycles. The number of phenols is 1. The minimum atomic E-state index is -1.26. The molecule has 6 N–H and O–H groups in total. The van der Waals surface area contributed by atoms with Gasteiger partial charge in [0.15, 0.2) is 0 Å². The van der Waals surface area contributed by atoms with Gasteiger partial charge in [0, 0.05) is 31.4 Å². The fraction of sp³-hybridized carbons (Fsp3) is 0.263. The molecular weight excluding hydrogens is 380 g/mol. The monoisotopic (exact) mass is 400 g/mol. The predicted octanol–water partition coefficient (Wildman–Crippen LogP) is -1.22. The van der Waals surface area contributed by atoms with Crippen molar-refractivity contribution in [1.82, 2.24) is 20.6 Å². The van der Waals surface area contributed by atoms with E-state index in [1.807, 2.05) is 0 Å². The van der Waals surface area contributed by atoms with Crippen LogP contribution < -0.4 is 26.7 Å². The van der Waals surface area contributed by atoms with Gasteiger partial charge < -0.3 is 30.9 Å². The van der Waals surface area contributed by atoms with Gasteiger partial charge in [-0.05, 0) is 19.1 Å². The van der Waals surface area contributed by atoms with E-state index in [-0.39, 0.29) is 50.8 Å². The molecule has 29 heavy (non-hydrogen) atoms. The molecule has 0 radical (unpaired) electrons. The average molecular weight is 400 g/mol. The first kappa shape index (κ1) is 20.2. The van der Waals surface area contributed by atoms with Crippen LogP contribution in [0.15, 0.2) is 21.7 Å². The highest BCUT2D eigenvalue weighted by molar-refractivity contribution is 6.02. The summed E-state index contributed by atoms with van der Waals surface area (Å²) in [7, 11) is 0. The quantitative estimate of drug-likeness (QED) is 0.211. The molecule has 0 amide bonds. The zero-order valence-corrected chi connectivity index (χ0v) is 15.6. The van der Waals surface area contributed by atoms with Crippen molar-refractivity contribution in [2.24, 2.45) is 0 Å². The van der Waals surface area contributed by atoms with Crippen molar-refractivity contribution in [2.75, 3.05) is 26.2 Å². The molecule has 0 saturated carbocycles. The number of hydrogen-bond donors (Lipinski definition) is 6. The third-order valence-corrected chi connectivity index (χ3v) is 4.50. The van der Waals surface area contributed by atoms with Crippen LogP contribution in [0.3, 0.4) is 0 Å². The minimum Gasteiger partial charge on any atom is -0.507 e. The van der Waals surface area contributed by atoms with Crippen molar-refractivity contribution in [3.05, 3.63) is 48.9 Å². The minimum absolute atomic E-state index is 0.00708. The van der Waals surface area contributed by atoms with Crippen molar-refractivity contribution >= 4 is 34.2 Å². The summed E-state index contributed by atoms with van der Waals surface area (Å²) < 4.78 is 0. The number of benzene rings is 2. The normalized spacial score (nSPS) is 12.0. The molecule has 0 aliphatic rings. The van der Waals surface area contributed by atoms with Gasteiger partial charge in [-0.2, -0.15) is 0 Å². The maximum atomic E-state index is 12.6. The topological polar surface area (TPSA) is 165 Å². The fourth-order valence-corrected chi connectivity index (χ4v) is 2.98. The lowest BCUT2D eigenvalue weighted by Gasteiger charge is -2.08. The van der Waals surface area contributed by atoms with Crippen LogP contribution in [-0.2, 0) is 0 Å². The van der Waals surface area contributed by atoms with Crippen molar-refractivity contribution in [3.63, 3.8) is 0 Å². The number of aromatic carboxylic acids is 1. The van der Waals surface area contributed by atoms with Crippen molar-refractivity contribution in [1.29, 1.82) is 0 Å². The van der Waals surface area contributed by atoms with Crippen LogP contribution in [0.5, 0.6) is 5.75 Å². The SMILES string of the molecule is Cc1c(O)c(=CNCCNCCO)c2nc3c(=O)ccc(C(=O)O)c3[nH]c2c1=O. The van der Waals surface area contributed by atoms with Crippen LogP contribution in [0.25, 0.3) is 28.3 Å². The summed E-state index contributed by atoms with van der Waals surface area (Å²) in [5, 5.41) is 34.7. The van der Waals surface area contributed by atoms with E-state index >= 15 is 0 Å². The van der Waals surface area contributed by atoms with Gasteiger partial charge in [-0.1, -0.05) is 0 Å². The van der Waals surface area contributed by atoms with Crippen LogP contribution in [0.4, 0.5) is 0 Å². The van der Waals surface area contributed by atoms with Crippen molar-refractivity contribution in [3.8, 4) is 5.75 Å². The second-order valence-corrected chi connectivity index (χ2v) is 6.39.